The summed E-state index contributed by atoms with van der Waals surface area (Å²) in [4.78, 5) is 34.8. The molecule has 1 aliphatic carbocycles. The van der Waals surface area contributed by atoms with Crippen molar-refractivity contribution in [1.29, 1.82) is 0 Å². The second kappa shape index (κ2) is 5.61. The highest BCUT2D eigenvalue weighted by molar-refractivity contribution is 6.34. The first-order chi connectivity index (χ1) is 10.2. The monoisotopic (exact) mass is 324 g/mol. The molecule has 0 spiro atoms. The summed E-state index contributed by atoms with van der Waals surface area (Å²) in [5.41, 5.74) is 0.161. The van der Waals surface area contributed by atoms with Gasteiger partial charge in [-0.25, -0.2) is 0 Å². The Morgan fingerprint density at radius 2 is 1.86 bits per heavy atom. The van der Waals surface area contributed by atoms with Crippen molar-refractivity contribution < 1.29 is 19.5 Å². The van der Waals surface area contributed by atoms with Crippen molar-refractivity contribution in [3.8, 4) is 0 Å². The molecule has 7 heteroatoms. The molecule has 0 unspecified atom stereocenters. The van der Waals surface area contributed by atoms with Crippen molar-refractivity contribution in [2.24, 2.45) is 17.3 Å². The van der Waals surface area contributed by atoms with Crippen LogP contribution in [-0.2, 0) is 9.59 Å². The zero-order valence-corrected chi connectivity index (χ0v) is 13.2. The molecule has 0 radical (unpaired) electrons. The molecule has 1 saturated carbocycles. The molecule has 3 N–H and O–H groups in total. The quantitative estimate of drug-likeness (QED) is 0.789. The lowest BCUT2D eigenvalue weighted by Crippen LogP contribution is -2.19. The van der Waals surface area contributed by atoms with Gasteiger partial charge in [0.15, 0.2) is 0 Å². The topological polar surface area (TPSA) is 95.5 Å². The average molecular weight is 325 g/mol. The number of aliphatic carboxylic acids is 1. The third kappa shape index (κ3) is 2.78. The fraction of sp³-hybridized carbons (Fsp3) is 0.400. The predicted octanol–water partition coefficient (Wildman–Crippen LogP) is 1.99. The molecule has 22 heavy (non-hydrogen) atoms. The first-order valence-corrected chi connectivity index (χ1v) is 7.13. The van der Waals surface area contributed by atoms with Crippen molar-refractivity contribution in [3.05, 3.63) is 28.8 Å². The van der Waals surface area contributed by atoms with E-state index in [2.05, 4.69) is 10.6 Å². The van der Waals surface area contributed by atoms with E-state index in [1.54, 1.807) is 19.9 Å². The molecule has 1 aromatic rings. The number of carbonyl (C=O) groups excluding carboxylic acids is 2. The van der Waals surface area contributed by atoms with Gasteiger partial charge in [0.25, 0.3) is 5.91 Å². The van der Waals surface area contributed by atoms with Gasteiger partial charge in [0.1, 0.15) is 0 Å². The SMILES string of the molecule is CNC(=O)c1ccc(NC(=O)[C@H]2[C@@H](C(=O)O)C2(C)C)cc1Cl. The zero-order valence-electron chi connectivity index (χ0n) is 12.4. The Labute approximate surface area is 132 Å². The van der Waals surface area contributed by atoms with E-state index in [4.69, 9.17) is 16.7 Å². The van der Waals surface area contributed by atoms with Crippen molar-refractivity contribution in [1.82, 2.24) is 5.32 Å². The third-order valence-electron chi connectivity index (χ3n) is 4.08. The second-order valence-electron chi connectivity index (χ2n) is 5.88. The van der Waals surface area contributed by atoms with Crippen LogP contribution >= 0.6 is 11.6 Å². The van der Waals surface area contributed by atoms with Gasteiger partial charge in [0.2, 0.25) is 5.91 Å². The summed E-state index contributed by atoms with van der Waals surface area (Å²) in [5, 5.41) is 14.4. The van der Waals surface area contributed by atoms with Crippen molar-refractivity contribution in [2.75, 3.05) is 12.4 Å². The fourth-order valence-electron chi connectivity index (χ4n) is 2.72. The molecule has 0 aliphatic heterocycles. The minimum absolute atomic E-state index is 0.210. The maximum atomic E-state index is 12.2. The van der Waals surface area contributed by atoms with Crippen LogP contribution in [0.4, 0.5) is 5.69 Å². The number of carbonyl (C=O) groups is 3. The van der Waals surface area contributed by atoms with Gasteiger partial charge in [-0.2, -0.15) is 0 Å². The van der Waals surface area contributed by atoms with E-state index in [-0.39, 0.29) is 16.8 Å². The molecule has 1 aliphatic rings. The molecule has 0 aromatic heterocycles. The highest BCUT2D eigenvalue weighted by Crippen LogP contribution is 2.58. The summed E-state index contributed by atoms with van der Waals surface area (Å²) in [6.07, 6.45) is 0. The molecular weight excluding hydrogens is 308 g/mol. The van der Waals surface area contributed by atoms with Gasteiger partial charge in [-0.05, 0) is 23.6 Å². The lowest BCUT2D eigenvalue weighted by molar-refractivity contribution is -0.140. The number of carboxylic acids is 1. The number of amides is 2. The summed E-state index contributed by atoms with van der Waals surface area (Å²) in [6, 6.07) is 4.53. The van der Waals surface area contributed by atoms with E-state index in [0.29, 0.717) is 11.3 Å². The number of halogens is 1. The predicted molar refractivity (Wildman–Crippen MR) is 81.9 cm³/mol. The summed E-state index contributed by atoms with van der Waals surface area (Å²) in [5.74, 6) is -2.92. The van der Waals surface area contributed by atoms with E-state index in [9.17, 15) is 14.4 Å². The third-order valence-corrected chi connectivity index (χ3v) is 4.40. The molecule has 2 atom stereocenters. The van der Waals surface area contributed by atoms with Gasteiger partial charge >= 0.3 is 5.97 Å². The first kappa shape index (κ1) is 16.3. The van der Waals surface area contributed by atoms with Crippen LogP contribution in [0.3, 0.4) is 0 Å². The lowest BCUT2D eigenvalue weighted by Gasteiger charge is -2.08. The Morgan fingerprint density at radius 1 is 1.23 bits per heavy atom. The first-order valence-electron chi connectivity index (χ1n) is 6.75. The van der Waals surface area contributed by atoms with Crippen LogP contribution in [0.2, 0.25) is 5.02 Å². The van der Waals surface area contributed by atoms with Gasteiger partial charge in [0, 0.05) is 12.7 Å². The van der Waals surface area contributed by atoms with Crippen LogP contribution in [-0.4, -0.2) is 29.9 Å². The molecule has 1 aromatic carbocycles. The molecule has 0 heterocycles. The van der Waals surface area contributed by atoms with Gasteiger partial charge in [-0.3, -0.25) is 14.4 Å². The van der Waals surface area contributed by atoms with Crippen LogP contribution in [0.1, 0.15) is 24.2 Å². The number of nitrogens with one attached hydrogen (secondary N) is 2. The van der Waals surface area contributed by atoms with Crippen LogP contribution in [0, 0.1) is 17.3 Å². The molecular formula is C15H17ClN2O4. The second-order valence-corrected chi connectivity index (χ2v) is 6.29. The number of carboxylic acid groups (broad SMARTS) is 1. The molecule has 2 amide bonds. The van der Waals surface area contributed by atoms with E-state index in [1.165, 1.54) is 19.2 Å². The number of rotatable bonds is 4. The Hall–Kier alpha value is -2.08. The highest BCUT2D eigenvalue weighted by atomic mass is 35.5. The van der Waals surface area contributed by atoms with Crippen LogP contribution in [0.5, 0.6) is 0 Å². The van der Waals surface area contributed by atoms with Crippen molar-refractivity contribution in [3.63, 3.8) is 0 Å². The molecule has 0 saturated heterocycles. The molecule has 2 rings (SSSR count). The van der Waals surface area contributed by atoms with Crippen molar-refractivity contribution in [2.45, 2.75) is 13.8 Å². The molecule has 118 valence electrons. The molecule has 1 fully saturated rings. The van der Waals surface area contributed by atoms with Crippen molar-refractivity contribution >= 4 is 35.1 Å². The van der Waals surface area contributed by atoms with Gasteiger partial charge in [-0.1, -0.05) is 25.4 Å². The lowest BCUT2D eigenvalue weighted by atomic mass is 10.1. The molecule has 0 bridgehead atoms. The maximum Gasteiger partial charge on any atom is 0.307 e. The smallest absolute Gasteiger partial charge is 0.307 e. The fourth-order valence-corrected chi connectivity index (χ4v) is 2.99. The average Bonchev–Trinajstić information content (AvgIpc) is 3.01. The Balaban J connectivity index is 2.12. The summed E-state index contributed by atoms with van der Waals surface area (Å²) >= 11 is 6.01. The highest BCUT2D eigenvalue weighted by Gasteiger charge is 2.65. The van der Waals surface area contributed by atoms with E-state index < -0.39 is 23.2 Å². The van der Waals surface area contributed by atoms with E-state index >= 15 is 0 Å². The minimum Gasteiger partial charge on any atom is -0.481 e. The summed E-state index contributed by atoms with van der Waals surface area (Å²) in [7, 11) is 1.50. The Bertz CT molecular complexity index is 657. The Morgan fingerprint density at radius 3 is 2.32 bits per heavy atom. The number of anilines is 1. The van der Waals surface area contributed by atoms with Crippen LogP contribution in [0.15, 0.2) is 18.2 Å². The van der Waals surface area contributed by atoms with Gasteiger partial charge in [-0.15, -0.1) is 0 Å². The largest absolute Gasteiger partial charge is 0.481 e. The van der Waals surface area contributed by atoms with Gasteiger partial charge in [0.05, 0.1) is 22.4 Å². The Kier molecular flexibility index (Phi) is 4.15. The molecule has 6 nitrogen and oxygen atoms in total. The number of hydrogen-bond donors (Lipinski definition) is 3. The van der Waals surface area contributed by atoms with Gasteiger partial charge < -0.3 is 15.7 Å². The summed E-state index contributed by atoms with van der Waals surface area (Å²) < 4.78 is 0. The minimum atomic E-state index is -0.974. The van der Waals surface area contributed by atoms with Crippen LogP contribution in [0.25, 0.3) is 0 Å². The van der Waals surface area contributed by atoms with E-state index in [0.717, 1.165) is 0 Å². The summed E-state index contributed by atoms with van der Waals surface area (Å²) in [6.45, 7) is 3.50. The number of benzene rings is 1. The standard InChI is InChI=1S/C15H17ClN2O4/c1-15(2)10(11(15)14(21)22)13(20)18-7-4-5-8(9(16)6-7)12(19)17-3/h4-6,10-11H,1-3H3,(H,17,19)(H,18,20)(H,21,22)/t10-,11+/m1/s1. The zero-order chi connectivity index (χ0) is 16.7. The number of hydrogen-bond acceptors (Lipinski definition) is 3. The maximum absolute atomic E-state index is 12.2. The van der Waals surface area contributed by atoms with E-state index in [1.807, 2.05) is 0 Å². The van der Waals surface area contributed by atoms with Crippen LogP contribution < -0.4 is 10.6 Å². The normalized spacial score (nSPS) is 21.8.